The van der Waals surface area contributed by atoms with Gasteiger partial charge in [-0.15, -0.1) is 0 Å². The molecule has 2 aromatic heterocycles. The average Bonchev–Trinajstić information content (AvgIpc) is 3.24. The molecule has 1 aliphatic rings. The van der Waals surface area contributed by atoms with E-state index in [1.54, 1.807) is 0 Å². The molecule has 33 heavy (non-hydrogen) atoms. The van der Waals surface area contributed by atoms with E-state index in [4.69, 9.17) is 27.2 Å². The molecule has 0 radical (unpaired) electrons. The van der Waals surface area contributed by atoms with Gasteiger partial charge in [0, 0.05) is 12.7 Å². The lowest BCUT2D eigenvalue weighted by Crippen LogP contribution is -2.42. The molecule has 0 unspecified atom stereocenters. The van der Waals surface area contributed by atoms with Gasteiger partial charge in [0.1, 0.15) is 41.9 Å². The summed E-state index contributed by atoms with van der Waals surface area (Å²) >= 11 is 6.03. The number of nitrogens with one attached hydrogen (secondary N) is 1. The number of aliphatic hydroxyl groups excluding tert-OH is 2. The van der Waals surface area contributed by atoms with E-state index in [-0.39, 0.29) is 28.6 Å². The number of hydrogen-bond donors (Lipinski definition) is 5. The lowest BCUT2D eigenvalue weighted by molar-refractivity contribution is -0.0327. The standard InChI is InChI=1S/C19H18ClFN6O5S/c20-11-2-1-3-12(21)10(11)5-4-9-7-27(18-14(9)17(22)24-8-25-18)19-16(29)15(28)13(32-19)6-26-33(23,30)31/h1-3,7-8,13,15-16,19,26,28-29H,6H2,(H2,22,24,25)(H2,23,30,31)/t13-,15-,16-,19-/m1/s1. The fourth-order valence-electron chi connectivity index (χ4n) is 3.47. The van der Waals surface area contributed by atoms with E-state index in [0.717, 1.165) is 0 Å². The molecule has 11 nitrogen and oxygen atoms in total. The lowest BCUT2D eigenvalue weighted by Gasteiger charge is -2.17. The molecular formula is C19H18ClFN6O5S. The molecule has 1 fully saturated rings. The van der Waals surface area contributed by atoms with Crippen LogP contribution in [0.4, 0.5) is 10.2 Å². The lowest BCUT2D eigenvalue weighted by atomic mass is 10.1. The first kappa shape index (κ1) is 23.3. The second-order valence-electron chi connectivity index (χ2n) is 7.19. The molecule has 7 N–H and O–H groups in total. The minimum atomic E-state index is -4.04. The third-order valence-corrected chi connectivity index (χ3v) is 5.90. The van der Waals surface area contributed by atoms with E-state index in [0.29, 0.717) is 10.9 Å². The Morgan fingerprint density at radius 3 is 2.73 bits per heavy atom. The van der Waals surface area contributed by atoms with E-state index in [2.05, 4.69) is 21.8 Å². The topological polar surface area (TPSA) is 179 Å². The maximum atomic E-state index is 14.1. The smallest absolute Gasteiger partial charge is 0.274 e. The number of aliphatic hydroxyl groups is 2. The molecule has 0 bridgehead atoms. The monoisotopic (exact) mass is 496 g/mol. The predicted octanol–water partition coefficient (Wildman–Crippen LogP) is -0.382. The van der Waals surface area contributed by atoms with Gasteiger partial charge in [0.25, 0.3) is 10.2 Å². The van der Waals surface area contributed by atoms with Gasteiger partial charge in [-0.2, -0.15) is 13.1 Å². The van der Waals surface area contributed by atoms with Gasteiger partial charge in [-0.25, -0.2) is 19.5 Å². The quantitative estimate of drug-likeness (QED) is 0.303. The molecule has 0 spiro atoms. The van der Waals surface area contributed by atoms with Crippen LogP contribution < -0.4 is 15.6 Å². The Morgan fingerprint density at radius 2 is 2.03 bits per heavy atom. The molecule has 1 aliphatic heterocycles. The summed E-state index contributed by atoms with van der Waals surface area (Å²) in [5.41, 5.74) is 6.51. The summed E-state index contributed by atoms with van der Waals surface area (Å²) in [7, 11) is -4.04. The van der Waals surface area contributed by atoms with Crippen LogP contribution in [0.1, 0.15) is 17.4 Å². The van der Waals surface area contributed by atoms with Crippen molar-refractivity contribution in [3.05, 3.63) is 52.7 Å². The van der Waals surface area contributed by atoms with Crippen LogP contribution in [0.3, 0.4) is 0 Å². The second kappa shape index (κ2) is 8.84. The highest BCUT2D eigenvalue weighted by molar-refractivity contribution is 7.87. The Balaban J connectivity index is 1.75. The summed E-state index contributed by atoms with van der Waals surface area (Å²) in [4.78, 5) is 8.11. The maximum Gasteiger partial charge on any atom is 0.274 e. The Hall–Kier alpha value is -2.83. The van der Waals surface area contributed by atoms with E-state index in [1.807, 2.05) is 4.72 Å². The SMILES string of the molecule is Nc1ncnc2c1c(C#Cc1c(F)cccc1Cl)cn2[C@@H]1O[C@H](CNS(N)(=O)=O)[C@@H](O)[C@H]1O. The van der Waals surface area contributed by atoms with Crippen LogP contribution >= 0.6 is 11.6 Å². The largest absolute Gasteiger partial charge is 0.387 e. The summed E-state index contributed by atoms with van der Waals surface area (Å²) in [6, 6.07) is 4.16. The summed E-state index contributed by atoms with van der Waals surface area (Å²) in [5.74, 6) is 4.92. The minimum absolute atomic E-state index is 0.0165. The molecule has 4 atom stereocenters. The summed E-state index contributed by atoms with van der Waals surface area (Å²) in [5, 5.41) is 26.2. The molecule has 1 aromatic carbocycles. The molecule has 4 rings (SSSR count). The second-order valence-corrected chi connectivity index (χ2v) is 8.98. The van der Waals surface area contributed by atoms with Gasteiger partial charge < -0.3 is 25.3 Å². The number of aromatic nitrogens is 3. The van der Waals surface area contributed by atoms with Crippen LogP contribution in [0.25, 0.3) is 11.0 Å². The molecule has 3 aromatic rings. The van der Waals surface area contributed by atoms with E-state index >= 15 is 0 Å². The van der Waals surface area contributed by atoms with Crippen LogP contribution in [0.2, 0.25) is 5.02 Å². The Labute approximate surface area is 192 Å². The Morgan fingerprint density at radius 1 is 1.27 bits per heavy atom. The molecule has 0 amide bonds. The zero-order valence-corrected chi connectivity index (χ0v) is 18.3. The molecule has 14 heteroatoms. The van der Waals surface area contributed by atoms with Crippen molar-refractivity contribution in [2.45, 2.75) is 24.5 Å². The highest BCUT2D eigenvalue weighted by Crippen LogP contribution is 2.34. The van der Waals surface area contributed by atoms with Crippen molar-refractivity contribution in [1.29, 1.82) is 0 Å². The molecule has 0 aliphatic carbocycles. The third-order valence-electron chi connectivity index (χ3n) is 5.02. The number of benzene rings is 1. The number of nitrogens with zero attached hydrogens (tertiary/aromatic N) is 3. The van der Waals surface area contributed by atoms with Gasteiger partial charge in [0.2, 0.25) is 0 Å². The number of nitrogens with two attached hydrogens (primary N) is 2. The molecule has 3 heterocycles. The van der Waals surface area contributed by atoms with E-state index in [1.165, 1.54) is 35.3 Å². The fraction of sp³-hybridized carbons (Fsp3) is 0.263. The first-order valence-electron chi connectivity index (χ1n) is 9.43. The molecule has 0 saturated carbocycles. The van der Waals surface area contributed by atoms with Gasteiger partial charge in [0.15, 0.2) is 6.23 Å². The fourth-order valence-corrected chi connectivity index (χ4v) is 4.08. The van der Waals surface area contributed by atoms with Gasteiger partial charge in [-0.3, -0.25) is 0 Å². The first-order valence-corrected chi connectivity index (χ1v) is 11.3. The Kier molecular flexibility index (Phi) is 6.25. The highest BCUT2D eigenvalue weighted by atomic mass is 35.5. The zero-order chi connectivity index (χ0) is 23.9. The average molecular weight is 497 g/mol. The first-order chi connectivity index (χ1) is 15.6. The predicted molar refractivity (Wildman–Crippen MR) is 116 cm³/mol. The molecule has 174 valence electrons. The summed E-state index contributed by atoms with van der Waals surface area (Å²) < 4.78 is 45.5. The van der Waals surface area contributed by atoms with Crippen LogP contribution in [-0.4, -0.2) is 58.0 Å². The van der Waals surface area contributed by atoms with Crippen LogP contribution in [0, 0.1) is 17.7 Å². The van der Waals surface area contributed by atoms with Crippen LogP contribution in [0.15, 0.2) is 30.7 Å². The molecule has 1 saturated heterocycles. The number of anilines is 1. The van der Waals surface area contributed by atoms with Gasteiger partial charge in [-0.1, -0.05) is 29.5 Å². The Bertz CT molecular complexity index is 1370. The number of halogens is 2. The van der Waals surface area contributed by atoms with Crippen molar-refractivity contribution in [2.24, 2.45) is 5.14 Å². The number of hydrogen-bond acceptors (Lipinski definition) is 8. The van der Waals surface area contributed by atoms with Crippen molar-refractivity contribution in [2.75, 3.05) is 12.3 Å². The van der Waals surface area contributed by atoms with Gasteiger partial charge >= 0.3 is 0 Å². The zero-order valence-electron chi connectivity index (χ0n) is 16.7. The van der Waals surface area contributed by atoms with Crippen LogP contribution in [0.5, 0.6) is 0 Å². The minimum Gasteiger partial charge on any atom is -0.387 e. The van der Waals surface area contributed by atoms with Crippen molar-refractivity contribution in [1.82, 2.24) is 19.3 Å². The maximum absolute atomic E-state index is 14.1. The van der Waals surface area contributed by atoms with E-state index < -0.39 is 40.6 Å². The van der Waals surface area contributed by atoms with Crippen LogP contribution in [-0.2, 0) is 14.9 Å². The van der Waals surface area contributed by atoms with Gasteiger partial charge in [-0.05, 0) is 12.1 Å². The van der Waals surface area contributed by atoms with Crippen molar-refractivity contribution in [3.63, 3.8) is 0 Å². The number of nitrogen functional groups attached to an aromatic ring is 1. The highest BCUT2D eigenvalue weighted by Gasteiger charge is 2.44. The molecular weight excluding hydrogens is 479 g/mol. The summed E-state index contributed by atoms with van der Waals surface area (Å²) in [6.45, 7) is -0.373. The number of rotatable bonds is 4. The van der Waals surface area contributed by atoms with Crippen molar-refractivity contribution < 1.29 is 27.8 Å². The van der Waals surface area contributed by atoms with E-state index in [9.17, 15) is 23.0 Å². The van der Waals surface area contributed by atoms with Crippen molar-refractivity contribution in [3.8, 4) is 11.8 Å². The summed E-state index contributed by atoms with van der Waals surface area (Å²) in [6.07, 6.45) is -2.52. The number of fused-ring (bicyclic) bond motifs is 1. The number of ether oxygens (including phenoxy) is 1. The van der Waals surface area contributed by atoms with Gasteiger partial charge in [0.05, 0.1) is 21.5 Å². The normalized spacial score (nSPS) is 22.9. The van der Waals surface area contributed by atoms with Crippen molar-refractivity contribution >= 4 is 38.7 Å². The third kappa shape index (κ3) is 4.63.